The third-order valence-electron chi connectivity index (χ3n) is 3.78. The molecule has 0 aliphatic carbocycles. The lowest BCUT2D eigenvalue weighted by Gasteiger charge is -2.26. The van der Waals surface area contributed by atoms with Crippen LogP contribution in [0.4, 0.5) is 5.69 Å². The number of sulfonamides is 1. The minimum absolute atomic E-state index is 0.0713. The van der Waals surface area contributed by atoms with Gasteiger partial charge in [0.1, 0.15) is 5.75 Å². The van der Waals surface area contributed by atoms with Crippen molar-refractivity contribution in [2.75, 3.05) is 26.3 Å². The van der Waals surface area contributed by atoms with Crippen LogP contribution in [-0.2, 0) is 14.8 Å². The molecule has 0 bridgehead atoms. The van der Waals surface area contributed by atoms with Crippen LogP contribution in [0, 0.1) is 10.1 Å². The first-order valence-electron chi connectivity index (χ1n) is 7.68. The van der Waals surface area contributed by atoms with Gasteiger partial charge in [0.05, 0.1) is 23.0 Å². The molecule has 0 spiro atoms. The number of halogens is 1. The smallest absolute Gasteiger partial charge is 0.312 e. The number of benzene rings is 2. The van der Waals surface area contributed by atoms with Crippen LogP contribution in [0.1, 0.15) is 0 Å². The SMILES string of the molecule is O=[N+]([O-])c1cc(Br)ccc1Oc1ccc(S(=O)(=O)N2CCOCC2)cc1. The van der Waals surface area contributed by atoms with Crippen molar-refractivity contribution >= 4 is 31.6 Å². The number of ether oxygens (including phenoxy) is 2. The molecule has 0 aromatic heterocycles. The van der Waals surface area contributed by atoms with E-state index in [2.05, 4.69) is 15.9 Å². The number of nitrogens with zero attached hydrogens (tertiary/aromatic N) is 2. The molecule has 2 aromatic rings. The molecule has 2 aromatic carbocycles. The maximum Gasteiger partial charge on any atom is 0.312 e. The Hall–Kier alpha value is -2.01. The molecule has 0 unspecified atom stereocenters. The monoisotopic (exact) mass is 442 g/mol. The highest BCUT2D eigenvalue weighted by atomic mass is 79.9. The second-order valence-electron chi connectivity index (χ2n) is 5.46. The van der Waals surface area contributed by atoms with E-state index in [1.54, 1.807) is 6.07 Å². The van der Waals surface area contributed by atoms with Gasteiger partial charge in [0.2, 0.25) is 15.8 Å². The summed E-state index contributed by atoms with van der Waals surface area (Å²) in [6.07, 6.45) is 0. The van der Waals surface area contributed by atoms with Gasteiger partial charge < -0.3 is 9.47 Å². The van der Waals surface area contributed by atoms with Crippen molar-refractivity contribution in [2.45, 2.75) is 4.90 Å². The van der Waals surface area contributed by atoms with Crippen molar-refractivity contribution in [1.82, 2.24) is 4.31 Å². The van der Waals surface area contributed by atoms with E-state index >= 15 is 0 Å². The summed E-state index contributed by atoms with van der Waals surface area (Å²) in [5, 5.41) is 11.1. The highest BCUT2D eigenvalue weighted by Crippen LogP contribution is 2.34. The zero-order valence-electron chi connectivity index (χ0n) is 13.5. The van der Waals surface area contributed by atoms with E-state index in [1.807, 2.05) is 0 Å². The van der Waals surface area contributed by atoms with E-state index in [9.17, 15) is 18.5 Å². The predicted octanol–water partition coefficient (Wildman–Crippen LogP) is 3.17. The third kappa shape index (κ3) is 4.04. The quantitative estimate of drug-likeness (QED) is 0.520. The highest BCUT2D eigenvalue weighted by molar-refractivity contribution is 9.10. The Labute approximate surface area is 158 Å². The molecular formula is C16H15BrN2O6S. The van der Waals surface area contributed by atoms with Gasteiger partial charge in [0, 0.05) is 23.6 Å². The average molecular weight is 443 g/mol. The average Bonchev–Trinajstić information content (AvgIpc) is 2.64. The fraction of sp³-hybridized carbons (Fsp3) is 0.250. The van der Waals surface area contributed by atoms with Crippen LogP contribution in [0.15, 0.2) is 51.8 Å². The first-order chi connectivity index (χ1) is 12.4. The molecule has 10 heteroatoms. The number of nitro groups is 1. The summed E-state index contributed by atoms with van der Waals surface area (Å²) in [6.45, 7) is 1.36. The molecule has 3 rings (SSSR count). The van der Waals surface area contributed by atoms with E-state index in [1.165, 1.54) is 40.7 Å². The van der Waals surface area contributed by atoms with Gasteiger partial charge in [-0.3, -0.25) is 10.1 Å². The minimum Gasteiger partial charge on any atom is -0.450 e. The Morgan fingerprint density at radius 3 is 2.38 bits per heavy atom. The van der Waals surface area contributed by atoms with Crippen molar-refractivity contribution in [3.05, 3.63) is 57.1 Å². The standard InChI is InChI=1S/C16H15BrN2O6S/c17-12-1-6-16(15(11-12)19(20)21)25-13-2-4-14(5-3-13)26(22,23)18-7-9-24-10-8-18/h1-6,11H,7-10H2. The fourth-order valence-electron chi connectivity index (χ4n) is 2.46. The summed E-state index contributed by atoms with van der Waals surface area (Å²) >= 11 is 3.18. The molecule has 0 N–H and O–H groups in total. The van der Waals surface area contributed by atoms with Crippen LogP contribution in [0.3, 0.4) is 0 Å². The zero-order valence-corrected chi connectivity index (χ0v) is 15.9. The van der Waals surface area contributed by atoms with Crippen LogP contribution in [0.5, 0.6) is 11.5 Å². The summed E-state index contributed by atoms with van der Waals surface area (Å²) in [5.41, 5.74) is -0.190. The number of hydrogen-bond donors (Lipinski definition) is 0. The lowest BCUT2D eigenvalue weighted by atomic mass is 10.3. The van der Waals surface area contributed by atoms with Crippen molar-refractivity contribution in [1.29, 1.82) is 0 Å². The van der Waals surface area contributed by atoms with Gasteiger partial charge in [-0.1, -0.05) is 15.9 Å². The van der Waals surface area contributed by atoms with Gasteiger partial charge in [-0.05, 0) is 36.4 Å². The molecule has 26 heavy (non-hydrogen) atoms. The van der Waals surface area contributed by atoms with Crippen LogP contribution < -0.4 is 4.74 Å². The molecule has 0 atom stereocenters. The summed E-state index contributed by atoms with van der Waals surface area (Å²) in [7, 11) is -3.60. The number of rotatable bonds is 5. The molecule has 1 aliphatic heterocycles. The third-order valence-corrected chi connectivity index (χ3v) is 6.18. The lowest BCUT2D eigenvalue weighted by Crippen LogP contribution is -2.40. The second kappa shape index (κ2) is 7.70. The van der Waals surface area contributed by atoms with E-state index in [-0.39, 0.29) is 16.3 Å². The zero-order chi connectivity index (χ0) is 18.7. The van der Waals surface area contributed by atoms with Crippen LogP contribution >= 0.6 is 15.9 Å². The molecule has 0 amide bonds. The Morgan fingerprint density at radius 1 is 1.12 bits per heavy atom. The molecule has 1 heterocycles. The Bertz CT molecular complexity index is 911. The normalized spacial score (nSPS) is 15.6. The topological polar surface area (TPSA) is 99.0 Å². The van der Waals surface area contributed by atoms with Crippen LogP contribution in [-0.4, -0.2) is 43.9 Å². The Morgan fingerprint density at radius 2 is 1.77 bits per heavy atom. The van der Waals surface area contributed by atoms with Crippen molar-refractivity contribution < 1.29 is 22.8 Å². The molecular weight excluding hydrogens is 428 g/mol. The molecule has 138 valence electrons. The van der Waals surface area contributed by atoms with E-state index in [4.69, 9.17) is 9.47 Å². The molecule has 1 fully saturated rings. The number of morpholine rings is 1. The number of hydrogen-bond acceptors (Lipinski definition) is 6. The summed E-state index contributed by atoms with van der Waals surface area (Å²) in [6, 6.07) is 10.2. The van der Waals surface area contributed by atoms with Crippen molar-refractivity contribution in [2.24, 2.45) is 0 Å². The van der Waals surface area contributed by atoms with Gasteiger partial charge in [-0.2, -0.15) is 4.31 Å². The largest absolute Gasteiger partial charge is 0.450 e. The van der Waals surface area contributed by atoms with E-state index < -0.39 is 14.9 Å². The fourth-order valence-corrected chi connectivity index (χ4v) is 4.22. The first kappa shape index (κ1) is 18.8. The maximum atomic E-state index is 12.6. The van der Waals surface area contributed by atoms with Crippen LogP contribution in [0.25, 0.3) is 0 Å². The molecule has 1 saturated heterocycles. The number of nitro benzene ring substituents is 1. The molecule has 1 aliphatic rings. The van der Waals surface area contributed by atoms with Crippen LogP contribution in [0.2, 0.25) is 0 Å². The van der Waals surface area contributed by atoms with Gasteiger partial charge in [0.15, 0.2) is 0 Å². The summed E-state index contributed by atoms with van der Waals surface area (Å²) < 4.78 is 37.8. The van der Waals surface area contributed by atoms with Crippen molar-refractivity contribution in [3.63, 3.8) is 0 Å². The Balaban J connectivity index is 1.81. The van der Waals surface area contributed by atoms with Crippen molar-refractivity contribution in [3.8, 4) is 11.5 Å². The molecule has 8 nitrogen and oxygen atoms in total. The van der Waals surface area contributed by atoms with E-state index in [0.29, 0.717) is 36.5 Å². The molecule has 0 saturated carbocycles. The predicted molar refractivity (Wildman–Crippen MR) is 96.9 cm³/mol. The molecule has 0 radical (unpaired) electrons. The highest BCUT2D eigenvalue weighted by Gasteiger charge is 2.26. The summed E-state index contributed by atoms with van der Waals surface area (Å²) in [4.78, 5) is 10.7. The van der Waals surface area contributed by atoms with Gasteiger partial charge in [0.25, 0.3) is 0 Å². The Kier molecular flexibility index (Phi) is 5.56. The maximum absolute atomic E-state index is 12.6. The van der Waals surface area contributed by atoms with Gasteiger partial charge in [-0.15, -0.1) is 0 Å². The minimum atomic E-state index is -3.60. The lowest BCUT2D eigenvalue weighted by molar-refractivity contribution is -0.385. The van der Waals surface area contributed by atoms with Gasteiger partial charge in [-0.25, -0.2) is 8.42 Å². The van der Waals surface area contributed by atoms with E-state index in [0.717, 1.165) is 0 Å². The van der Waals surface area contributed by atoms with Gasteiger partial charge >= 0.3 is 5.69 Å². The first-order valence-corrected chi connectivity index (χ1v) is 9.91. The summed E-state index contributed by atoms with van der Waals surface area (Å²) in [5.74, 6) is 0.373. The second-order valence-corrected chi connectivity index (χ2v) is 8.31.